The molecule has 0 amide bonds. The van der Waals surface area contributed by atoms with Crippen LogP contribution in [0.2, 0.25) is 0 Å². The summed E-state index contributed by atoms with van der Waals surface area (Å²) in [6.45, 7) is 3.37. The molecule has 7 nitrogen and oxygen atoms in total. The van der Waals surface area contributed by atoms with Gasteiger partial charge in [-0.05, 0) is 23.6 Å². The molecule has 3 heterocycles. The number of hydrogen-bond donors (Lipinski definition) is 0. The minimum absolute atomic E-state index is 0.251. The summed E-state index contributed by atoms with van der Waals surface area (Å²) in [7, 11) is 0. The van der Waals surface area contributed by atoms with Crippen molar-refractivity contribution in [3.05, 3.63) is 118 Å². The smallest absolute Gasteiger partial charge is 0.348 e. The number of esters is 1. The van der Waals surface area contributed by atoms with Crippen LogP contribution in [0.3, 0.4) is 0 Å². The van der Waals surface area contributed by atoms with Crippen LogP contribution < -0.4 is 0 Å². The minimum Gasteiger partial charge on any atom is -0.466 e. The third-order valence-corrected chi connectivity index (χ3v) is 8.68. The highest BCUT2D eigenvalue weighted by molar-refractivity contribution is 8.04. The molecule has 0 spiro atoms. The number of rotatable bonds is 10. The van der Waals surface area contributed by atoms with Crippen LogP contribution in [0.15, 0.2) is 102 Å². The number of thioether (sulfide) groups is 1. The molecule has 8 heteroatoms. The summed E-state index contributed by atoms with van der Waals surface area (Å²) < 4.78 is 37.8. The monoisotopic (exact) mass is 574 g/mol. The van der Waals surface area contributed by atoms with Crippen molar-refractivity contribution in [2.45, 2.75) is 69.1 Å². The first-order valence-corrected chi connectivity index (χ1v) is 14.9. The molecule has 6 atom stereocenters. The fourth-order valence-corrected chi connectivity index (χ4v) is 6.54. The lowest BCUT2D eigenvalue weighted by Gasteiger charge is -2.48. The Morgan fingerprint density at radius 2 is 1.32 bits per heavy atom. The Labute approximate surface area is 244 Å². The van der Waals surface area contributed by atoms with E-state index in [1.807, 2.05) is 97.9 Å². The van der Waals surface area contributed by atoms with Gasteiger partial charge in [-0.2, -0.15) is 0 Å². The molecule has 0 bridgehead atoms. The molecule has 3 aliphatic rings. The van der Waals surface area contributed by atoms with E-state index in [0.717, 1.165) is 16.7 Å². The molecule has 0 aliphatic carbocycles. The molecular formula is C33H34O7S. The molecular weight excluding hydrogens is 540 g/mol. The van der Waals surface area contributed by atoms with E-state index in [2.05, 4.69) is 0 Å². The zero-order valence-corrected chi connectivity index (χ0v) is 23.7. The van der Waals surface area contributed by atoms with Crippen LogP contribution in [0.1, 0.15) is 30.0 Å². The van der Waals surface area contributed by atoms with Gasteiger partial charge in [0.05, 0.1) is 26.4 Å². The lowest BCUT2D eigenvalue weighted by Crippen LogP contribution is -2.61. The molecule has 41 heavy (non-hydrogen) atoms. The predicted octanol–water partition coefficient (Wildman–Crippen LogP) is 5.78. The average molecular weight is 575 g/mol. The largest absolute Gasteiger partial charge is 0.466 e. The average Bonchev–Trinajstić information content (AvgIpc) is 3.00. The van der Waals surface area contributed by atoms with Gasteiger partial charge in [0.2, 0.25) is 6.29 Å². The molecule has 0 aromatic heterocycles. The van der Waals surface area contributed by atoms with Crippen molar-refractivity contribution in [3.63, 3.8) is 0 Å². The van der Waals surface area contributed by atoms with Gasteiger partial charge in [0.15, 0.2) is 0 Å². The van der Waals surface area contributed by atoms with Gasteiger partial charge in [-0.1, -0.05) is 91.0 Å². The predicted molar refractivity (Wildman–Crippen MR) is 154 cm³/mol. The van der Waals surface area contributed by atoms with Crippen molar-refractivity contribution in [1.82, 2.24) is 0 Å². The summed E-state index contributed by atoms with van der Waals surface area (Å²) >= 11 is 1.41. The molecule has 0 radical (unpaired) electrons. The summed E-state index contributed by atoms with van der Waals surface area (Å²) in [5, 5.41) is -0.343. The fourth-order valence-electron chi connectivity index (χ4n) is 5.26. The van der Waals surface area contributed by atoms with Crippen LogP contribution in [0.4, 0.5) is 0 Å². The second-order valence-corrected chi connectivity index (χ2v) is 11.6. The van der Waals surface area contributed by atoms with Crippen LogP contribution in [0, 0.1) is 0 Å². The Balaban J connectivity index is 1.27. The van der Waals surface area contributed by atoms with Gasteiger partial charge < -0.3 is 28.4 Å². The Morgan fingerprint density at radius 3 is 1.93 bits per heavy atom. The summed E-state index contributed by atoms with van der Waals surface area (Å²) in [6, 6.07) is 30.1. The van der Waals surface area contributed by atoms with Crippen LogP contribution in [-0.2, 0) is 53.0 Å². The Kier molecular flexibility index (Phi) is 9.03. The van der Waals surface area contributed by atoms with Gasteiger partial charge in [-0.25, -0.2) is 4.79 Å². The van der Waals surface area contributed by atoms with E-state index >= 15 is 0 Å². The standard InChI is InChI=1S/C33H34O7S/c1-22-17-26-30(32(34)38-22)41-31-29(37-20-25-15-9-4-10-16-25)28(36-19-24-13-7-3-8-14-24)27(40-33(31)39-26)21-35-18-23-11-5-2-6-12-23/h2-16,22,27-29,31,33H,17-21H2,1H3/t22-,27+,28+,29-,31+,33-/m0/s1. The third-order valence-electron chi connectivity index (χ3n) is 7.29. The van der Waals surface area contributed by atoms with E-state index in [-0.39, 0.29) is 17.3 Å². The highest BCUT2D eigenvalue weighted by Crippen LogP contribution is 2.46. The molecule has 214 valence electrons. The first-order chi connectivity index (χ1) is 20.1. The Morgan fingerprint density at radius 1 is 0.756 bits per heavy atom. The lowest BCUT2D eigenvalue weighted by molar-refractivity contribution is -0.268. The first-order valence-electron chi connectivity index (χ1n) is 14.0. The molecule has 0 N–H and O–H groups in total. The van der Waals surface area contributed by atoms with Gasteiger partial charge in [0.1, 0.15) is 40.3 Å². The first kappa shape index (κ1) is 28.0. The molecule has 1 fully saturated rings. The molecule has 6 rings (SSSR count). The lowest BCUT2D eigenvalue weighted by atomic mass is 9.99. The maximum atomic E-state index is 12.8. The summed E-state index contributed by atoms with van der Waals surface area (Å²) in [6.07, 6.45) is -1.75. The van der Waals surface area contributed by atoms with E-state index < -0.39 is 24.6 Å². The van der Waals surface area contributed by atoms with E-state index in [1.54, 1.807) is 0 Å². The van der Waals surface area contributed by atoms with E-state index in [4.69, 9.17) is 28.4 Å². The van der Waals surface area contributed by atoms with Crippen LogP contribution >= 0.6 is 11.8 Å². The molecule has 1 saturated heterocycles. The highest BCUT2D eigenvalue weighted by atomic mass is 32.2. The minimum atomic E-state index is -0.625. The van der Waals surface area contributed by atoms with Crippen molar-refractivity contribution in [3.8, 4) is 0 Å². The van der Waals surface area contributed by atoms with Crippen molar-refractivity contribution < 1.29 is 33.2 Å². The fraction of sp³-hybridized carbons (Fsp3) is 0.364. The van der Waals surface area contributed by atoms with Gasteiger partial charge in [0, 0.05) is 6.42 Å². The number of carbonyl (C=O) groups is 1. The van der Waals surface area contributed by atoms with Crippen LogP contribution in [0.5, 0.6) is 0 Å². The number of fused-ring (bicyclic) bond motifs is 1. The van der Waals surface area contributed by atoms with Gasteiger partial charge in [-0.3, -0.25) is 0 Å². The van der Waals surface area contributed by atoms with Crippen molar-refractivity contribution in [1.29, 1.82) is 0 Å². The number of carbonyl (C=O) groups excluding carboxylic acids is 1. The van der Waals surface area contributed by atoms with Crippen LogP contribution in [0.25, 0.3) is 0 Å². The van der Waals surface area contributed by atoms with Gasteiger partial charge in [-0.15, -0.1) is 11.8 Å². The van der Waals surface area contributed by atoms with Crippen molar-refractivity contribution >= 4 is 17.7 Å². The van der Waals surface area contributed by atoms with E-state index in [1.165, 1.54) is 11.8 Å². The van der Waals surface area contributed by atoms with Crippen molar-refractivity contribution in [2.24, 2.45) is 0 Å². The van der Waals surface area contributed by atoms with Crippen molar-refractivity contribution in [2.75, 3.05) is 6.61 Å². The maximum absolute atomic E-state index is 12.8. The number of hydrogen-bond acceptors (Lipinski definition) is 8. The topological polar surface area (TPSA) is 72.5 Å². The highest BCUT2D eigenvalue weighted by Gasteiger charge is 2.53. The second kappa shape index (κ2) is 13.2. The van der Waals surface area contributed by atoms with E-state index in [9.17, 15) is 4.79 Å². The molecule has 3 aromatic rings. The Bertz CT molecular complexity index is 1320. The van der Waals surface area contributed by atoms with Gasteiger partial charge in [0.25, 0.3) is 0 Å². The molecule has 0 saturated carbocycles. The summed E-state index contributed by atoms with van der Waals surface area (Å²) in [5.74, 6) is 0.258. The third kappa shape index (κ3) is 6.85. The number of cyclic esters (lactones) is 1. The quantitative estimate of drug-likeness (QED) is 0.282. The number of ether oxygens (including phenoxy) is 6. The Hall–Kier alpha value is -3.14. The maximum Gasteiger partial charge on any atom is 0.348 e. The summed E-state index contributed by atoms with van der Waals surface area (Å²) in [4.78, 5) is 13.3. The number of benzene rings is 3. The van der Waals surface area contributed by atoms with Crippen LogP contribution in [-0.4, -0.2) is 48.5 Å². The molecule has 3 aliphatic heterocycles. The summed E-state index contributed by atoms with van der Waals surface area (Å²) in [5.41, 5.74) is 3.17. The van der Waals surface area contributed by atoms with Gasteiger partial charge >= 0.3 is 5.97 Å². The zero-order chi connectivity index (χ0) is 28.0. The normalized spacial score (nSPS) is 27.4. The second-order valence-electron chi connectivity index (χ2n) is 10.4. The molecule has 0 unspecified atom stereocenters. The zero-order valence-electron chi connectivity index (χ0n) is 22.9. The van der Waals surface area contributed by atoms with E-state index in [0.29, 0.717) is 43.5 Å². The molecule has 3 aromatic carbocycles. The SMILES string of the molecule is C[C@H]1CC2=C(S[C@H]3[C@@H](O2)O[C@H](COCc2ccccc2)[C@@H](OCc2ccccc2)[C@@H]3OCc2ccccc2)C(=O)O1.